The minimum absolute atomic E-state index is 0.0932. The second-order valence-electron chi connectivity index (χ2n) is 4.41. The van der Waals surface area contributed by atoms with Gasteiger partial charge in [0.2, 0.25) is 10.0 Å². The summed E-state index contributed by atoms with van der Waals surface area (Å²) in [7, 11) is -3.61. The molecule has 1 heterocycles. The zero-order valence-corrected chi connectivity index (χ0v) is 13.2. The van der Waals surface area contributed by atoms with Gasteiger partial charge in [-0.05, 0) is 22.0 Å². The standard InChI is InChI=1S/C10H14BrN3O2S2/c1-10(2,9(12)17)6-14-18(15,16)8-3-7(11)4-13-5-8/h3-5,14H,6H2,1-2H3,(H2,12,17). The number of pyridine rings is 1. The number of nitrogens with one attached hydrogen (secondary N) is 1. The first kappa shape index (κ1) is 15.5. The maximum atomic E-state index is 12.0. The van der Waals surface area contributed by atoms with E-state index in [1.165, 1.54) is 18.5 Å². The van der Waals surface area contributed by atoms with E-state index in [9.17, 15) is 8.42 Å². The second kappa shape index (κ2) is 5.60. The maximum Gasteiger partial charge on any atom is 0.242 e. The van der Waals surface area contributed by atoms with Crippen LogP contribution in [0.2, 0.25) is 0 Å². The van der Waals surface area contributed by atoms with Crippen LogP contribution in [0, 0.1) is 5.41 Å². The molecule has 1 aromatic heterocycles. The van der Waals surface area contributed by atoms with E-state index in [1.807, 2.05) is 0 Å². The van der Waals surface area contributed by atoms with Gasteiger partial charge in [-0.1, -0.05) is 26.1 Å². The third-order valence-electron chi connectivity index (χ3n) is 2.36. The third kappa shape index (κ3) is 3.98. The molecule has 0 saturated heterocycles. The molecular weight excluding hydrogens is 338 g/mol. The molecule has 0 amide bonds. The first-order valence-electron chi connectivity index (χ1n) is 5.05. The van der Waals surface area contributed by atoms with Crippen LogP contribution in [0.4, 0.5) is 0 Å². The molecule has 8 heteroatoms. The van der Waals surface area contributed by atoms with Gasteiger partial charge in [0.1, 0.15) is 4.90 Å². The SMILES string of the molecule is CC(C)(CNS(=O)(=O)c1cncc(Br)c1)C(N)=S. The van der Waals surface area contributed by atoms with Gasteiger partial charge in [0.15, 0.2) is 0 Å². The van der Waals surface area contributed by atoms with Crippen molar-refractivity contribution in [3.63, 3.8) is 0 Å². The summed E-state index contributed by atoms with van der Waals surface area (Å²) in [6.07, 6.45) is 2.79. The highest BCUT2D eigenvalue weighted by Gasteiger charge is 2.25. The van der Waals surface area contributed by atoms with Gasteiger partial charge < -0.3 is 5.73 Å². The summed E-state index contributed by atoms with van der Waals surface area (Å²) in [5.74, 6) is 0. The van der Waals surface area contributed by atoms with Gasteiger partial charge in [-0.25, -0.2) is 13.1 Å². The Hall–Kier alpha value is -0.570. The van der Waals surface area contributed by atoms with Crippen molar-refractivity contribution >= 4 is 43.2 Å². The molecular formula is C10H14BrN3O2S2. The molecule has 0 aliphatic heterocycles. The van der Waals surface area contributed by atoms with Crippen molar-refractivity contribution in [1.29, 1.82) is 0 Å². The number of nitrogens with two attached hydrogens (primary N) is 1. The average Bonchev–Trinajstić information content (AvgIpc) is 2.26. The quantitative estimate of drug-likeness (QED) is 0.784. The Kier molecular flexibility index (Phi) is 4.82. The van der Waals surface area contributed by atoms with Gasteiger partial charge in [0, 0.05) is 28.8 Å². The minimum Gasteiger partial charge on any atom is -0.393 e. The molecule has 0 atom stereocenters. The minimum atomic E-state index is -3.61. The highest BCUT2D eigenvalue weighted by Crippen LogP contribution is 2.17. The summed E-state index contributed by atoms with van der Waals surface area (Å²) < 4.78 is 27.1. The first-order valence-corrected chi connectivity index (χ1v) is 7.74. The first-order chi connectivity index (χ1) is 8.15. The monoisotopic (exact) mass is 351 g/mol. The van der Waals surface area contributed by atoms with E-state index in [0.29, 0.717) is 4.47 Å². The summed E-state index contributed by atoms with van der Waals surface area (Å²) in [5, 5.41) is 0. The molecule has 0 radical (unpaired) electrons. The van der Waals surface area contributed by atoms with Gasteiger partial charge in [-0.3, -0.25) is 4.98 Å². The van der Waals surface area contributed by atoms with Crippen molar-refractivity contribution < 1.29 is 8.42 Å². The smallest absolute Gasteiger partial charge is 0.242 e. The molecule has 0 saturated carbocycles. The highest BCUT2D eigenvalue weighted by atomic mass is 79.9. The van der Waals surface area contributed by atoms with Gasteiger partial charge in [-0.15, -0.1) is 0 Å². The molecule has 100 valence electrons. The number of halogens is 1. The molecule has 0 aromatic carbocycles. The lowest BCUT2D eigenvalue weighted by Gasteiger charge is -2.23. The lowest BCUT2D eigenvalue weighted by molar-refractivity contribution is 0.501. The zero-order valence-electron chi connectivity index (χ0n) is 9.97. The van der Waals surface area contributed by atoms with Gasteiger partial charge in [-0.2, -0.15) is 0 Å². The van der Waals surface area contributed by atoms with Gasteiger partial charge in [0.25, 0.3) is 0 Å². The Bertz CT molecular complexity index is 558. The van der Waals surface area contributed by atoms with E-state index in [1.54, 1.807) is 13.8 Å². The van der Waals surface area contributed by atoms with Crippen LogP contribution in [0.5, 0.6) is 0 Å². The van der Waals surface area contributed by atoms with Crippen LogP contribution in [0.1, 0.15) is 13.8 Å². The van der Waals surface area contributed by atoms with Crippen LogP contribution in [0.3, 0.4) is 0 Å². The molecule has 0 spiro atoms. The summed E-state index contributed by atoms with van der Waals surface area (Å²) in [6, 6.07) is 1.48. The van der Waals surface area contributed by atoms with Crippen LogP contribution >= 0.6 is 28.1 Å². The van der Waals surface area contributed by atoms with Crippen LogP contribution < -0.4 is 10.5 Å². The van der Waals surface area contributed by atoms with E-state index in [4.69, 9.17) is 18.0 Å². The molecule has 18 heavy (non-hydrogen) atoms. The maximum absolute atomic E-state index is 12.0. The number of hydrogen-bond donors (Lipinski definition) is 2. The van der Waals surface area contributed by atoms with Crippen molar-refractivity contribution in [1.82, 2.24) is 9.71 Å². The molecule has 5 nitrogen and oxygen atoms in total. The van der Waals surface area contributed by atoms with E-state index in [-0.39, 0.29) is 16.4 Å². The number of hydrogen-bond acceptors (Lipinski definition) is 4. The summed E-state index contributed by atoms with van der Waals surface area (Å²) in [5.41, 5.74) is 4.96. The molecule has 0 aliphatic rings. The van der Waals surface area contributed by atoms with Gasteiger partial charge >= 0.3 is 0 Å². The van der Waals surface area contributed by atoms with E-state index in [0.717, 1.165) is 0 Å². The zero-order chi connectivity index (χ0) is 14.0. The highest BCUT2D eigenvalue weighted by molar-refractivity contribution is 9.10. The summed E-state index contributed by atoms with van der Waals surface area (Å²) in [6.45, 7) is 3.69. The predicted octanol–water partition coefficient (Wildman–Crippen LogP) is 1.43. The fraction of sp³-hybridized carbons (Fsp3) is 0.400. The molecule has 0 unspecified atom stereocenters. The van der Waals surface area contributed by atoms with E-state index in [2.05, 4.69) is 25.6 Å². The van der Waals surface area contributed by atoms with Crippen molar-refractivity contribution in [2.45, 2.75) is 18.7 Å². The van der Waals surface area contributed by atoms with Crippen molar-refractivity contribution in [2.24, 2.45) is 11.1 Å². The molecule has 1 aromatic rings. The normalized spacial score (nSPS) is 12.4. The molecule has 0 fully saturated rings. The van der Waals surface area contributed by atoms with Crippen LogP contribution in [-0.4, -0.2) is 24.9 Å². The Labute approximate surface area is 120 Å². The number of thiocarbonyl (C=S) groups is 1. The Morgan fingerprint density at radius 2 is 2.17 bits per heavy atom. The predicted molar refractivity (Wildman–Crippen MR) is 77.7 cm³/mol. The fourth-order valence-electron chi connectivity index (χ4n) is 0.985. The van der Waals surface area contributed by atoms with Crippen molar-refractivity contribution in [3.05, 3.63) is 22.9 Å². The Morgan fingerprint density at radius 3 is 2.67 bits per heavy atom. The number of aromatic nitrogens is 1. The van der Waals surface area contributed by atoms with Crippen LogP contribution in [0.15, 0.2) is 27.8 Å². The van der Waals surface area contributed by atoms with Gasteiger partial charge in [0.05, 0.1) is 4.99 Å². The molecule has 1 rings (SSSR count). The number of rotatable bonds is 5. The second-order valence-corrected chi connectivity index (χ2v) is 7.53. The Morgan fingerprint density at radius 1 is 1.56 bits per heavy atom. The van der Waals surface area contributed by atoms with Crippen molar-refractivity contribution in [3.8, 4) is 0 Å². The van der Waals surface area contributed by atoms with Crippen LogP contribution in [-0.2, 0) is 10.0 Å². The fourth-order valence-corrected chi connectivity index (χ4v) is 2.77. The van der Waals surface area contributed by atoms with E-state index < -0.39 is 15.4 Å². The lowest BCUT2D eigenvalue weighted by atomic mass is 9.94. The van der Waals surface area contributed by atoms with Crippen molar-refractivity contribution in [2.75, 3.05) is 6.54 Å². The van der Waals surface area contributed by atoms with E-state index >= 15 is 0 Å². The molecule has 0 bridgehead atoms. The lowest BCUT2D eigenvalue weighted by Crippen LogP contribution is -2.41. The molecule has 3 N–H and O–H groups in total. The molecule has 0 aliphatic carbocycles. The van der Waals surface area contributed by atoms with Crippen LogP contribution in [0.25, 0.3) is 0 Å². The number of nitrogens with zero attached hydrogens (tertiary/aromatic N) is 1. The topological polar surface area (TPSA) is 85.1 Å². The summed E-state index contributed by atoms with van der Waals surface area (Å²) in [4.78, 5) is 4.17. The third-order valence-corrected chi connectivity index (χ3v) is 4.72. The largest absolute Gasteiger partial charge is 0.393 e. The Balaban J connectivity index is 2.87. The summed E-state index contributed by atoms with van der Waals surface area (Å²) >= 11 is 8.05. The average molecular weight is 352 g/mol. The number of sulfonamides is 1.